The molecular weight excluding hydrogens is 605 g/mol. The number of hydrogen-bond acceptors (Lipinski definition) is 5. The zero-order valence-corrected chi connectivity index (χ0v) is 26.5. The molecule has 2 aromatic heterocycles. The van der Waals surface area contributed by atoms with Gasteiger partial charge in [-0.2, -0.15) is 0 Å². The lowest BCUT2D eigenvalue weighted by molar-refractivity contribution is 1.08. The quantitative estimate of drug-likeness (QED) is 0.194. The van der Waals surface area contributed by atoms with Gasteiger partial charge in [0.15, 0.2) is 17.5 Å². The average Bonchev–Trinajstić information content (AvgIpc) is 3.54. The summed E-state index contributed by atoms with van der Waals surface area (Å²) in [6, 6.07) is 55.5. The Morgan fingerprint density at radius 2 is 1.06 bits per heavy atom. The van der Waals surface area contributed by atoms with Gasteiger partial charge >= 0.3 is 0 Å². The Labute approximate surface area is 281 Å². The monoisotopic (exact) mass is 630 g/mol. The van der Waals surface area contributed by atoms with Crippen molar-refractivity contribution >= 4 is 59.3 Å². The molecule has 0 spiro atoms. The highest BCUT2D eigenvalue weighted by Gasteiger charge is 2.26. The van der Waals surface area contributed by atoms with Crippen LogP contribution in [0.2, 0.25) is 0 Å². The van der Waals surface area contributed by atoms with Crippen LogP contribution >= 0.6 is 11.3 Å². The van der Waals surface area contributed by atoms with Gasteiger partial charge in [0.25, 0.3) is 0 Å². The van der Waals surface area contributed by atoms with E-state index in [1.54, 1.807) is 11.3 Å². The van der Waals surface area contributed by atoms with E-state index in [1.807, 2.05) is 18.2 Å². The molecular formula is C43H26N4S. The average molecular weight is 631 g/mol. The zero-order valence-electron chi connectivity index (χ0n) is 25.7. The largest absolute Gasteiger partial charge is 0.309 e. The summed E-state index contributed by atoms with van der Waals surface area (Å²) in [5, 5.41) is 4.96. The van der Waals surface area contributed by atoms with Gasteiger partial charge in [0.2, 0.25) is 0 Å². The summed E-state index contributed by atoms with van der Waals surface area (Å²) in [5.74, 6) is 1.97. The number of nitrogens with zero attached hydrogens (tertiary/aromatic N) is 4. The van der Waals surface area contributed by atoms with Crippen LogP contribution in [-0.4, -0.2) is 15.0 Å². The van der Waals surface area contributed by atoms with Gasteiger partial charge in [0.1, 0.15) is 0 Å². The van der Waals surface area contributed by atoms with E-state index >= 15 is 0 Å². The molecule has 48 heavy (non-hydrogen) atoms. The number of rotatable bonds is 4. The lowest BCUT2D eigenvalue weighted by atomic mass is 9.91. The van der Waals surface area contributed by atoms with Crippen LogP contribution in [0.1, 0.15) is 0 Å². The number of benzene rings is 7. The first-order valence-electron chi connectivity index (χ1n) is 16.0. The second-order valence-corrected chi connectivity index (χ2v) is 13.1. The first-order valence-corrected chi connectivity index (χ1v) is 16.9. The molecule has 4 nitrogen and oxygen atoms in total. The standard InChI is InChI=1S/C43H26N4S/c1-2-12-28(13-3-1)41-44-42(46-43(45-41)35-22-11-21-34-32-19-5-7-25-38(32)48-40(34)35)29-16-8-17-30(26-29)47-36-23-6-4-18-31(36)33-20-9-14-27-15-10-24-37(47)39(27)33/h1-26H. The molecule has 0 N–H and O–H groups in total. The van der Waals surface area contributed by atoms with Crippen molar-refractivity contribution in [3.05, 3.63) is 158 Å². The summed E-state index contributed by atoms with van der Waals surface area (Å²) in [6.07, 6.45) is 0. The minimum atomic E-state index is 0.641. The van der Waals surface area contributed by atoms with Gasteiger partial charge in [-0.1, -0.05) is 121 Å². The van der Waals surface area contributed by atoms with Gasteiger partial charge in [-0.3, -0.25) is 0 Å². The summed E-state index contributed by atoms with van der Waals surface area (Å²) in [7, 11) is 0. The highest BCUT2D eigenvalue weighted by molar-refractivity contribution is 7.26. The third-order valence-electron chi connectivity index (χ3n) is 9.23. The van der Waals surface area contributed by atoms with Gasteiger partial charge in [-0.15, -0.1) is 11.3 Å². The van der Waals surface area contributed by atoms with Crippen LogP contribution in [-0.2, 0) is 0 Å². The molecule has 0 unspecified atom stereocenters. The Morgan fingerprint density at radius 3 is 1.98 bits per heavy atom. The fourth-order valence-corrected chi connectivity index (χ4v) is 8.30. The molecule has 1 aliphatic rings. The van der Waals surface area contributed by atoms with E-state index in [9.17, 15) is 0 Å². The molecule has 7 aromatic carbocycles. The second-order valence-electron chi connectivity index (χ2n) is 12.0. The normalized spacial score (nSPS) is 12.1. The Kier molecular flexibility index (Phi) is 6.01. The van der Waals surface area contributed by atoms with E-state index in [-0.39, 0.29) is 0 Å². The number of thiophene rings is 1. The molecule has 1 aliphatic heterocycles. The number of anilines is 3. The van der Waals surface area contributed by atoms with Crippen LogP contribution in [0.15, 0.2) is 158 Å². The van der Waals surface area contributed by atoms with Gasteiger partial charge in [0, 0.05) is 53.5 Å². The van der Waals surface area contributed by atoms with Crippen molar-refractivity contribution in [1.82, 2.24) is 15.0 Å². The molecule has 0 atom stereocenters. The lowest BCUT2D eigenvalue weighted by Gasteiger charge is -2.33. The highest BCUT2D eigenvalue weighted by Crippen LogP contribution is 2.51. The molecule has 0 amide bonds. The summed E-state index contributed by atoms with van der Waals surface area (Å²) < 4.78 is 2.43. The fourth-order valence-electron chi connectivity index (χ4n) is 7.09. The predicted octanol–water partition coefficient (Wildman–Crippen LogP) is 11.8. The van der Waals surface area contributed by atoms with Crippen molar-refractivity contribution in [2.24, 2.45) is 0 Å². The number of fused-ring (bicyclic) bond motifs is 5. The van der Waals surface area contributed by atoms with E-state index in [2.05, 4.69) is 144 Å². The maximum atomic E-state index is 5.19. The molecule has 9 aromatic rings. The maximum Gasteiger partial charge on any atom is 0.165 e. The van der Waals surface area contributed by atoms with E-state index in [0.29, 0.717) is 17.5 Å². The van der Waals surface area contributed by atoms with Gasteiger partial charge in [0.05, 0.1) is 11.4 Å². The summed E-state index contributed by atoms with van der Waals surface area (Å²) in [5.41, 5.74) is 8.75. The van der Waals surface area contributed by atoms with E-state index in [4.69, 9.17) is 15.0 Å². The molecule has 0 saturated heterocycles. The number of para-hydroxylation sites is 1. The minimum absolute atomic E-state index is 0.641. The molecule has 5 heteroatoms. The Balaban J connectivity index is 1.18. The third-order valence-corrected chi connectivity index (χ3v) is 10.5. The SMILES string of the molecule is c1ccc(-c2nc(-c3cccc(N4c5ccccc5-c5cccc6cccc4c56)c3)nc(-c3cccc4c3sc3ccccc34)n2)cc1. The smallest absolute Gasteiger partial charge is 0.165 e. The second kappa shape index (κ2) is 10.7. The minimum Gasteiger partial charge on any atom is -0.309 e. The van der Waals surface area contributed by atoms with Crippen LogP contribution in [0.5, 0.6) is 0 Å². The van der Waals surface area contributed by atoms with Crippen LogP contribution in [0.4, 0.5) is 17.1 Å². The molecule has 0 saturated carbocycles. The van der Waals surface area contributed by atoms with Crippen molar-refractivity contribution in [3.63, 3.8) is 0 Å². The fraction of sp³-hybridized carbons (Fsp3) is 0. The first-order chi connectivity index (χ1) is 23.8. The lowest BCUT2D eigenvalue weighted by Crippen LogP contribution is -2.15. The van der Waals surface area contributed by atoms with Crippen molar-refractivity contribution in [2.45, 2.75) is 0 Å². The Morgan fingerprint density at radius 1 is 0.438 bits per heavy atom. The van der Waals surface area contributed by atoms with Crippen LogP contribution < -0.4 is 4.90 Å². The summed E-state index contributed by atoms with van der Waals surface area (Å²) in [6.45, 7) is 0. The van der Waals surface area contributed by atoms with Crippen LogP contribution in [0, 0.1) is 0 Å². The number of hydrogen-bond donors (Lipinski definition) is 0. The van der Waals surface area contributed by atoms with E-state index < -0.39 is 0 Å². The van der Waals surface area contributed by atoms with E-state index in [1.165, 1.54) is 42.1 Å². The molecule has 10 rings (SSSR count). The molecule has 224 valence electrons. The molecule has 0 bridgehead atoms. The zero-order chi connectivity index (χ0) is 31.6. The summed E-state index contributed by atoms with van der Waals surface area (Å²) in [4.78, 5) is 17.7. The summed E-state index contributed by atoms with van der Waals surface area (Å²) >= 11 is 1.79. The van der Waals surface area contributed by atoms with Gasteiger partial charge in [-0.05, 0) is 47.3 Å². The Bertz CT molecular complexity index is 2690. The topological polar surface area (TPSA) is 41.9 Å². The molecule has 0 aliphatic carbocycles. The van der Waals surface area contributed by atoms with E-state index in [0.717, 1.165) is 33.8 Å². The third kappa shape index (κ3) is 4.18. The molecule has 0 radical (unpaired) electrons. The first kappa shape index (κ1) is 27.0. The number of aromatic nitrogens is 3. The predicted molar refractivity (Wildman–Crippen MR) is 200 cm³/mol. The van der Waals surface area contributed by atoms with Crippen molar-refractivity contribution < 1.29 is 0 Å². The van der Waals surface area contributed by atoms with Crippen molar-refractivity contribution in [1.29, 1.82) is 0 Å². The van der Waals surface area contributed by atoms with Crippen LogP contribution in [0.3, 0.4) is 0 Å². The van der Waals surface area contributed by atoms with Gasteiger partial charge in [-0.25, -0.2) is 15.0 Å². The Hall–Kier alpha value is -6.17. The van der Waals surface area contributed by atoms with Crippen molar-refractivity contribution in [2.75, 3.05) is 4.90 Å². The van der Waals surface area contributed by atoms with Gasteiger partial charge < -0.3 is 4.90 Å². The van der Waals surface area contributed by atoms with Crippen LogP contribution in [0.25, 0.3) is 76.2 Å². The molecule has 3 heterocycles. The molecule has 0 fully saturated rings. The maximum absolute atomic E-state index is 5.19. The van der Waals surface area contributed by atoms with Crippen molar-refractivity contribution in [3.8, 4) is 45.3 Å². The highest BCUT2D eigenvalue weighted by atomic mass is 32.1.